The predicted octanol–water partition coefficient (Wildman–Crippen LogP) is 1.51. The normalized spacial score (nSPS) is 9.16. The number of carbonyl (C=O) groups excluding carboxylic acids is 1. The SMILES string of the molecule is CNc1ccc(C#CCCNC(C)=O)cc1[N+](=O)[O-]. The summed E-state index contributed by atoms with van der Waals surface area (Å²) < 4.78 is 0. The van der Waals surface area contributed by atoms with E-state index in [1.165, 1.54) is 13.0 Å². The third-order valence-electron chi connectivity index (χ3n) is 2.32. The van der Waals surface area contributed by atoms with Gasteiger partial charge in [-0.25, -0.2) is 0 Å². The molecule has 1 aromatic carbocycles. The molecule has 100 valence electrons. The second-order valence-corrected chi connectivity index (χ2v) is 3.77. The molecule has 0 saturated carbocycles. The Morgan fingerprint density at radius 1 is 1.47 bits per heavy atom. The van der Waals surface area contributed by atoms with E-state index in [2.05, 4.69) is 22.5 Å². The standard InChI is InChI=1S/C13H15N3O3/c1-10(17)15-8-4-3-5-11-6-7-12(14-2)13(9-11)16(18)19/h6-7,9,14H,4,8H2,1-2H3,(H,15,17). The molecule has 0 fully saturated rings. The summed E-state index contributed by atoms with van der Waals surface area (Å²) >= 11 is 0. The molecule has 0 unspecified atom stereocenters. The molecule has 1 rings (SSSR count). The molecule has 0 saturated heterocycles. The predicted molar refractivity (Wildman–Crippen MR) is 72.8 cm³/mol. The highest BCUT2D eigenvalue weighted by molar-refractivity contribution is 5.72. The van der Waals surface area contributed by atoms with Gasteiger partial charge in [0.05, 0.1) is 4.92 Å². The van der Waals surface area contributed by atoms with Crippen LogP contribution in [0.5, 0.6) is 0 Å². The maximum atomic E-state index is 10.9. The van der Waals surface area contributed by atoms with E-state index < -0.39 is 4.92 Å². The fraction of sp³-hybridized carbons (Fsp3) is 0.308. The number of rotatable bonds is 4. The van der Waals surface area contributed by atoms with E-state index in [4.69, 9.17) is 0 Å². The number of hydrogen-bond acceptors (Lipinski definition) is 4. The van der Waals surface area contributed by atoms with Crippen LogP contribution in [0.3, 0.4) is 0 Å². The Morgan fingerprint density at radius 2 is 2.21 bits per heavy atom. The molecule has 0 bridgehead atoms. The number of carbonyl (C=O) groups is 1. The fourth-order valence-electron chi connectivity index (χ4n) is 1.44. The van der Waals surface area contributed by atoms with Gasteiger partial charge in [0.2, 0.25) is 5.91 Å². The maximum Gasteiger partial charge on any atom is 0.293 e. The molecule has 6 nitrogen and oxygen atoms in total. The second-order valence-electron chi connectivity index (χ2n) is 3.77. The van der Waals surface area contributed by atoms with E-state index >= 15 is 0 Å². The summed E-state index contributed by atoms with van der Waals surface area (Å²) in [6, 6.07) is 4.76. The molecule has 1 aromatic rings. The quantitative estimate of drug-likeness (QED) is 0.372. The van der Waals surface area contributed by atoms with Crippen molar-refractivity contribution in [2.24, 2.45) is 0 Å². The van der Waals surface area contributed by atoms with Gasteiger partial charge in [-0.1, -0.05) is 11.8 Å². The first-order valence-electron chi connectivity index (χ1n) is 5.74. The number of nitro groups is 1. The minimum absolute atomic E-state index is 0.00355. The number of benzene rings is 1. The van der Waals surface area contributed by atoms with Gasteiger partial charge in [0.25, 0.3) is 5.69 Å². The lowest BCUT2D eigenvalue weighted by atomic mass is 10.1. The molecule has 0 aliphatic carbocycles. The zero-order valence-corrected chi connectivity index (χ0v) is 10.8. The third-order valence-corrected chi connectivity index (χ3v) is 2.32. The first-order chi connectivity index (χ1) is 9.04. The number of hydrogen-bond donors (Lipinski definition) is 2. The van der Waals surface area contributed by atoms with Gasteiger partial charge in [-0.15, -0.1) is 0 Å². The van der Waals surface area contributed by atoms with Gasteiger partial charge < -0.3 is 10.6 Å². The highest BCUT2D eigenvalue weighted by atomic mass is 16.6. The first-order valence-corrected chi connectivity index (χ1v) is 5.74. The number of nitrogens with zero attached hydrogens (tertiary/aromatic N) is 1. The molecule has 0 aliphatic rings. The van der Waals surface area contributed by atoms with Gasteiger partial charge >= 0.3 is 0 Å². The highest BCUT2D eigenvalue weighted by Crippen LogP contribution is 2.24. The largest absolute Gasteiger partial charge is 0.383 e. The van der Waals surface area contributed by atoms with Crippen LogP contribution in [0.1, 0.15) is 18.9 Å². The molecule has 0 atom stereocenters. The van der Waals surface area contributed by atoms with Gasteiger partial charge in [-0.3, -0.25) is 14.9 Å². The van der Waals surface area contributed by atoms with Crippen LogP contribution in [-0.2, 0) is 4.79 Å². The number of nitrogens with one attached hydrogen (secondary N) is 2. The lowest BCUT2D eigenvalue weighted by Crippen LogP contribution is -2.20. The topological polar surface area (TPSA) is 84.3 Å². The van der Waals surface area contributed by atoms with Gasteiger partial charge in [0.1, 0.15) is 5.69 Å². The summed E-state index contributed by atoms with van der Waals surface area (Å²) in [6.45, 7) is 1.91. The minimum atomic E-state index is -0.450. The molecular weight excluding hydrogens is 246 g/mol. The van der Waals surface area contributed by atoms with Crippen molar-refractivity contribution in [1.82, 2.24) is 5.32 Å². The van der Waals surface area contributed by atoms with Crippen molar-refractivity contribution in [3.05, 3.63) is 33.9 Å². The zero-order chi connectivity index (χ0) is 14.3. The number of amides is 1. The Morgan fingerprint density at radius 3 is 2.79 bits per heavy atom. The molecule has 0 spiro atoms. The van der Waals surface area contributed by atoms with Crippen molar-refractivity contribution in [3.8, 4) is 11.8 Å². The lowest BCUT2D eigenvalue weighted by Gasteiger charge is -2.01. The van der Waals surface area contributed by atoms with Crippen LogP contribution < -0.4 is 10.6 Å². The number of nitro benzene ring substituents is 1. The summed E-state index contributed by atoms with van der Waals surface area (Å²) in [5, 5.41) is 16.2. The van der Waals surface area contributed by atoms with Crippen molar-refractivity contribution in [2.45, 2.75) is 13.3 Å². The van der Waals surface area contributed by atoms with Crippen LogP contribution in [0.15, 0.2) is 18.2 Å². The third kappa shape index (κ3) is 4.68. The Kier molecular flexibility index (Phi) is 5.35. The summed E-state index contributed by atoms with van der Waals surface area (Å²) in [5.74, 6) is 5.58. The highest BCUT2D eigenvalue weighted by Gasteiger charge is 2.12. The smallest absolute Gasteiger partial charge is 0.293 e. The van der Waals surface area contributed by atoms with Gasteiger partial charge in [-0.05, 0) is 12.1 Å². The Balaban J connectivity index is 2.74. The Bertz CT molecular complexity index is 544. The molecule has 0 heterocycles. The molecular formula is C13H15N3O3. The fourth-order valence-corrected chi connectivity index (χ4v) is 1.44. The van der Waals surface area contributed by atoms with E-state index in [0.29, 0.717) is 24.2 Å². The second kappa shape index (κ2) is 7.01. The van der Waals surface area contributed by atoms with Crippen LogP contribution >= 0.6 is 0 Å². The van der Waals surface area contributed by atoms with Gasteiger partial charge in [0, 0.05) is 38.6 Å². The monoisotopic (exact) mass is 261 g/mol. The van der Waals surface area contributed by atoms with Crippen molar-refractivity contribution in [1.29, 1.82) is 0 Å². The molecule has 0 aromatic heterocycles. The van der Waals surface area contributed by atoms with E-state index in [0.717, 1.165) is 0 Å². The van der Waals surface area contributed by atoms with E-state index in [1.807, 2.05) is 0 Å². The summed E-state index contributed by atoms with van der Waals surface area (Å²) in [7, 11) is 1.63. The van der Waals surface area contributed by atoms with E-state index in [9.17, 15) is 14.9 Å². The summed E-state index contributed by atoms with van der Waals surface area (Å²) in [6.07, 6.45) is 0.501. The summed E-state index contributed by atoms with van der Waals surface area (Å²) in [5.41, 5.74) is 1.03. The summed E-state index contributed by atoms with van der Waals surface area (Å²) in [4.78, 5) is 21.0. The van der Waals surface area contributed by atoms with Crippen molar-refractivity contribution in [2.75, 3.05) is 18.9 Å². The average molecular weight is 261 g/mol. The molecule has 6 heteroatoms. The van der Waals surface area contributed by atoms with Crippen molar-refractivity contribution >= 4 is 17.3 Å². The van der Waals surface area contributed by atoms with Gasteiger partial charge in [0.15, 0.2) is 0 Å². The lowest BCUT2D eigenvalue weighted by molar-refractivity contribution is -0.384. The average Bonchev–Trinajstić information content (AvgIpc) is 2.37. The first kappa shape index (κ1) is 14.5. The van der Waals surface area contributed by atoms with Crippen LogP contribution in [0.4, 0.5) is 11.4 Å². The van der Waals surface area contributed by atoms with E-state index in [1.54, 1.807) is 19.2 Å². The van der Waals surface area contributed by atoms with Crippen LogP contribution in [-0.4, -0.2) is 24.4 Å². The maximum absolute atomic E-state index is 10.9. The molecule has 1 amide bonds. The Hall–Kier alpha value is -2.55. The minimum Gasteiger partial charge on any atom is -0.383 e. The van der Waals surface area contributed by atoms with Crippen LogP contribution in [0.25, 0.3) is 0 Å². The molecule has 0 radical (unpaired) electrons. The Labute approximate surface area is 111 Å². The van der Waals surface area contributed by atoms with Crippen molar-refractivity contribution < 1.29 is 9.72 Å². The van der Waals surface area contributed by atoms with Crippen molar-refractivity contribution in [3.63, 3.8) is 0 Å². The zero-order valence-electron chi connectivity index (χ0n) is 10.8. The van der Waals surface area contributed by atoms with Gasteiger partial charge in [-0.2, -0.15) is 0 Å². The van der Waals surface area contributed by atoms with E-state index in [-0.39, 0.29) is 11.6 Å². The van der Waals surface area contributed by atoms with Crippen LogP contribution in [0, 0.1) is 22.0 Å². The molecule has 0 aliphatic heterocycles. The molecule has 19 heavy (non-hydrogen) atoms. The number of anilines is 1. The molecule has 2 N–H and O–H groups in total. The van der Waals surface area contributed by atoms with Crippen LogP contribution in [0.2, 0.25) is 0 Å².